The second-order valence-corrected chi connectivity index (χ2v) is 15.9. The minimum atomic E-state index is -0.968. The summed E-state index contributed by atoms with van der Waals surface area (Å²) in [7, 11) is 0. The van der Waals surface area contributed by atoms with Crippen LogP contribution in [0.3, 0.4) is 0 Å². The number of nitrogens with zero attached hydrogens (tertiary/aromatic N) is 3. The van der Waals surface area contributed by atoms with Crippen molar-refractivity contribution in [1.82, 2.24) is 36.1 Å². The summed E-state index contributed by atoms with van der Waals surface area (Å²) in [4.78, 5) is 91.2. The fraction of sp³-hybridized carbons (Fsp3) is 0.730. The molecule has 13 heteroatoms. The fourth-order valence-corrected chi connectivity index (χ4v) is 8.08. The van der Waals surface area contributed by atoms with Crippen LogP contribution in [0.5, 0.6) is 0 Å². The highest BCUT2D eigenvalue weighted by atomic mass is 16.2. The van der Waals surface area contributed by atoms with Gasteiger partial charge in [-0.15, -0.1) is 0 Å². The predicted octanol–water partition coefficient (Wildman–Crippen LogP) is 2.69. The van der Waals surface area contributed by atoms with Crippen LogP contribution in [-0.2, 0) is 24.0 Å². The normalized spacial score (nSPS) is 24.0. The molecular formula is C37H55N7O6. The van der Waals surface area contributed by atoms with Crippen LogP contribution in [0.15, 0.2) is 18.6 Å². The van der Waals surface area contributed by atoms with E-state index in [9.17, 15) is 28.8 Å². The zero-order chi connectivity index (χ0) is 36.0. The van der Waals surface area contributed by atoms with E-state index in [1.165, 1.54) is 18.6 Å². The van der Waals surface area contributed by atoms with Gasteiger partial charge in [0.1, 0.15) is 23.8 Å². The molecule has 1 aromatic heterocycles. The first kappa shape index (κ1) is 37.4. The molecule has 274 valence electrons. The van der Waals surface area contributed by atoms with Crippen molar-refractivity contribution >= 4 is 35.3 Å². The summed E-state index contributed by atoms with van der Waals surface area (Å²) >= 11 is 0. The van der Waals surface area contributed by atoms with Crippen LogP contribution in [-0.4, -0.2) is 87.4 Å². The average Bonchev–Trinajstić information content (AvgIpc) is 3.67. The van der Waals surface area contributed by atoms with E-state index in [0.29, 0.717) is 19.4 Å². The topological polar surface area (TPSA) is 180 Å². The van der Waals surface area contributed by atoms with Gasteiger partial charge in [0, 0.05) is 37.4 Å². The number of Topliss-reactive ketones (excluding diaryl/α,β-unsaturated/α-hetero) is 1. The van der Waals surface area contributed by atoms with Gasteiger partial charge in [-0.3, -0.25) is 33.8 Å². The SMILES string of the molecule is CCCC(CNC(=O)[C@@H]1C2CCCC2CN1C(=O)[C@@H](NC(=O)C(NC(=O)c1cnccn1)C1CCCCC1)C(C)(C)C)C(=O)C(=O)NC1CC1. The minimum absolute atomic E-state index is 0.0213. The molecule has 1 aromatic rings. The van der Waals surface area contributed by atoms with Gasteiger partial charge in [-0.1, -0.05) is 59.8 Å². The van der Waals surface area contributed by atoms with Crippen molar-refractivity contribution in [1.29, 1.82) is 0 Å². The largest absolute Gasteiger partial charge is 0.354 e. The van der Waals surface area contributed by atoms with Gasteiger partial charge in [-0.2, -0.15) is 0 Å². The molecule has 4 unspecified atom stereocenters. The van der Waals surface area contributed by atoms with Crippen molar-refractivity contribution < 1.29 is 28.8 Å². The average molecular weight is 694 g/mol. The van der Waals surface area contributed by atoms with Crippen molar-refractivity contribution in [3.05, 3.63) is 24.3 Å². The van der Waals surface area contributed by atoms with Crippen LogP contribution in [0.25, 0.3) is 0 Å². The first-order chi connectivity index (χ1) is 23.9. The number of hydrogen-bond donors (Lipinski definition) is 4. The van der Waals surface area contributed by atoms with Gasteiger partial charge in [-0.05, 0) is 68.1 Å². The third-order valence-electron chi connectivity index (χ3n) is 11.0. The molecule has 5 amide bonds. The number of rotatable bonds is 14. The maximum atomic E-state index is 14.6. The Bertz CT molecular complexity index is 1400. The Morgan fingerprint density at radius 1 is 0.920 bits per heavy atom. The standard InChI is InChI=1S/C37H55N7O6/c1-5-10-23(30(45)35(49)41-25-15-16-25)19-40-34(48)29-26-14-9-13-24(26)21-44(29)36(50)31(37(2,3)4)43-33(47)28(22-11-7-6-8-12-22)42-32(46)27-20-38-17-18-39-27/h17-18,20,22-26,28-29,31H,5-16,19,21H2,1-4H3,(H,40,48)(H,41,49)(H,42,46)(H,43,47)/t23?,24?,26?,28?,29-,31+/m0/s1. The third kappa shape index (κ3) is 9.06. The van der Waals surface area contributed by atoms with Crippen molar-refractivity contribution in [2.45, 2.75) is 129 Å². The Balaban J connectivity index is 1.32. The van der Waals surface area contributed by atoms with E-state index in [1.807, 2.05) is 27.7 Å². The first-order valence-electron chi connectivity index (χ1n) is 18.7. The fourth-order valence-electron chi connectivity index (χ4n) is 8.08. The van der Waals surface area contributed by atoms with Gasteiger partial charge in [0.2, 0.25) is 23.5 Å². The monoisotopic (exact) mass is 693 g/mol. The molecule has 5 rings (SSSR count). The Morgan fingerprint density at radius 2 is 1.66 bits per heavy atom. The van der Waals surface area contributed by atoms with Gasteiger partial charge in [0.05, 0.1) is 6.20 Å². The summed E-state index contributed by atoms with van der Waals surface area (Å²) < 4.78 is 0. The lowest BCUT2D eigenvalue weighted by Crippen LogP contribution is -2.62. The number of ketones is 1. The predicted molar refractivity (Wildman–Crippen MR) is 185 cm³/mol. The molecule has 50 heavy (non-hydrogen) atoms. The van der Waals surface area contributed by atoms with Crippen molar-refractivity contribution in [2.75, 3.05) is 13.1 Å². The highest BCUT2D eigenvalue weighted by molar-refractivity contribution is 6.37. The molecule has 0 aromatic carbocycles. The lowest BCUT2D eigenvalue weighted by molar-refractivity contribution is -0.145. The minimum Gasteiger partial charge on any atom is -0.354 e. The summed E-state index contributed by atoms with van der Waals surface area (Å²) in [6.45, 7) is 7.99. The molecule has 13 nitrogen and oxygen atoms in total. The Hall–Kier alpha value is -3.90. The summed E-state index contributed by atoms with van der Waals surface area (Å²) in [5.74, 6) is -3.36. The zero-order valence-electron chi connectivity index (χ0n) is 30.0. The highest BCUT2D eigenvalue weighted by Crippen LogP contribution is 2.43. The van der Waals surface area contributed by atoms with Crippen molar-refractivity contribution in [3.8, 4) is 0 Å². The van der Waals surface area contributed by atoms with Crippen LogP contribution in [0.1, 0.15) is 115 Å². The molecule has 4 aliphatic rings. The Morgan fingerprint density at radius 3 is 2.30 bits per heavy atom. The van der Waals surface area contributed by atoms with Crippen LogP contribution < -0.4 is 21.3 Å². The third-order valence-corrected chi connectivity index (χ3v) is 11.0. The molecule has 4 N–H and O–H groups in total. The number of hydrogen-bond acceptors (Lipinski definition) is 8. The van der Waals surface area contributed by atoms with E-state index < -0.39 is 53.0 Å². The van der Waals surface area contributed by atoms with E-state index in [-0.39, 0.29) is 47.8 Å². The highest BCUT2D eigenvalue weighted by Gasteiger charge is 2.52. The summed E-state index contributed by atoms with van der Waals surface area (Å²) in [5.41, 5.74) is -0.612. The van der Waals surface area contributed by atoms with Crippen LogP contribution in [0.4, 0.5) is 0 Å². The smallest absolute Gasteiger partial charge is 0.287 e. The van der Waals surface area contributed by atoms with Gasteiger partial charge in [0.15, 0.2) is 0 Å². The van der Waals surface area contributed by atoms with Gasteiger partial charge >= 0.3 is 0 Å². The van der Waals surface area contributed by atoms with E-state index in [4.69, 9.17) is 0 Å². The lowest BCUT2D eigenvalue weighted by Gasteiger charge is -2.38. The lowest BCUT2D eigenvalue weighted by atomic mass is 9.82. The van der Waals surface area contributed by atoms with E-state index in [0.717, 1.165) is 64.2 Å². The summed E-state index contributed by atoms with van der Waals surface area (Å²) in [5, 5.41) is 11.6. The van der Waals surface area contributed by atoms with Crippen LogP contribution >= 0.6 is 0 Å². The maximum absolute atomic E-state index is 14.6. The molecule has 2 heterocycles. The molecular weight excluding hydrogens is 638 g/mol. The molecule has 0 bridgehead atoms. The quantitative estimate of drug-likeness (QED) is 0.215. The molecule has 0 spiro atoms. The van der Waals surface area contributed by atoms with Crippen molar-refractivity contribution in [3.63, 3.8) is 0 Å². The number of fused-ring (bicyclic) bond motifs is 1. The van der Waals surface area contributed by atoms with Crippen LogP contribution in [0, 0.1) is 29.1 Å². The summed E-state index contributed by atoms with van der Waals surface area (Å²) in [6, 6.07) is -2.53. The van der Waals surface area contributed by atoms with Gasteiger partial charge in [-0.25, -0.2) is 4.98 Å². The zero-order valence-corrected chi connectivity index (χ0v) is 30.0. The molecule has 1 aliphatic heterocycles. The molecule has 1 saturated heterocycles. The van der Waals surface area contributed by atoms with E-state index in [1.54, 1.807) is 4.90 Å². The number of aromatic nitrogens is 2. The Labute approximate surface area is 295 Å². The second-order valence-electron chi connectivity index (χ2n) is 15.9. The van der Waals surface area contributed by atoms with Gasteiger partial charge in [0.25, 0.3) is 11.8 Å². The van der Waals surface area contributed by atoms with Crippen LogP contribution in [0.2, 0.25) is 0 Å². The molecule has 3 aliphatic carbocycles. The number of carbonyl (C=O) groups is 6. The molecule has 6 atom stereocenters. The second kappa shape index (κ2) is 16.4. The maximum Gasteiger partial charge on any atom is 0.287 e. The Kier molecular flexibility index (Phi) is 12.3. The molecule has 3 saturated carbocycles. The van der Waals surface area contributed by atoms with E-state index in [2.05, 4.69) is 31.2 Å². The first-order valence-corrected chi connectivity index (χ1v) is 18.7. The van der Waals surface area contributed by atoms with E-state index >= 15 is 0 Å². The number of amides is 5. The molecule has 4 fully saturated rings. The summed E-state index contributed by atoms with van der Waals surface area (Å²) in [6.07, 6.45) is 14.3. The van der Waals surface area contributed by atoms with Crippen molar-refractivity contribution in [2.24, 2.45) is 29.1 Å². The number of nitrogens with one attached hydrogen (secondary N) is 4. The molecule has 0 radical (unpaired) electrons. The number of likely N-dealkylation sites (tertiary alicyclic amines) is 1. The van der Waals surface area contributed by atoms with Gasteiger partial charge < -0.3 is 26.2 Å². The number of carbonyl (C=O) groups excluding carboxylic acids is 6.